The molecule has 1 N–H and O–H groups in total. The van der Waals surface area contributed by atoms with Gasteiger partial charge in [0, 0.05) is 39.8 Å². The number of anilines is 1. The van der Waals surface area contributed by atoms with Crippen molar-refractivity contribution in [1.29, 1.82) is 0 Å². The van der Waals surface area contributed by atoms with Gasteiger partial charge in [0.05, 0.1) is 17.9 Å². The Bertz CT molecular complexity index is 759. The number of hydrogen-bond donors (Lipinski definition) is 1. The van der Waals surface area contributed by atoms with Crippen LogP contribution >= 0.6 is 0 Å². The topological polar surface area (TPSA) is 59.9 Å². The summed E-state index contributed by atoms with van der Waals surface area (Å²) in [6.07, 6.45) is 0. The average molecular weight is 356 g/mol. The maximum Gasteiger partial charge on any atom is 0.257 e. The predicted octanol–water partition coefficient (Wildman–Crippen LogP) is 1.94. The van der Waals surface area contributed by atoms with E-state index in [1.165, 1.54) is 0 Å². The van der Waals surface area contributed by atoms with E-state index in [-0.39, 0.29) is 12.5 Å². The highest BCUT2D eigenvalue weighted by Crippen LogP contribution is 2.27. The van der Waals surface area contributed by atoms with Gasteiger partial charge >= 0.3 is 0 Å². The molecule has 0 saturated carbocycles. The Morgan fingerprint density at radius 2 is 1.69 bits per heavy atom. The Morgan fingerprint density at radius 1 is 1.00 bits per heavy atom. The predicted molar refractivity (Wildman–Crippen MR) is 105 cm³/mol. The highest BCUT2D eigenvalue weighted by Gasteiger charge is 2.19. The van der Waals surface area contributed by atoms with Crippen molar-refractivity contribution in [3.05, 3.63) is 47.5 Å². The van der Waals surface area contributed by atoms with Crippen LogP contribution in [0.3, 0.4) is 0 Å². The zero-order valence-electron chi connectivity index (χ0n) is 16.2. The second-order valence-corrected chi connectivity index (χ2v) is 6.81. The van der Waals surface area contributed by atoms with E-state index in [1.54, 1.807) is 11.9 Å². The smallest absolute Gasteiger partial charge is 0.257 e. The van der Waals surface area contributed by atoms with Crippen molar-refractivity contribution in [2.24, 2.45) is 0 Å². The first-order valence-corrected chi connectivity index (χ1v) is 8.62. The van der Waals surface area contributed by atoms with Crippen molar-refractivity contribution < 1.29 is 9.90 Å². The Balaban J connectivity index is 2.39. The molecular weight excluding hydrogens is 328 g/mol. The van der Waals surface area contributed by atoms with Crippen molar-refractivity contribution in [2.45, 2.75) is 6.61 Å². The summed E-state index contributed by atoms with van der Waals surface area (Å²) in [7, 11) is 9.53. The zero-order valence-corrected chi connectivity index (χ0v) is 16.2. The molecule has 0 fully saturated rings. The van der Waals surface area contributed by atoms with Crippen LogP contribution in [-0.4, -0.2) is 74.1 Å². The molecule has 140 valence electrons. The summed E-state index contributed by atoms with van der Waals surface area (Å²) in [6, 6.07) is 11.3. The molecule has 0 aliphatic rings. The number of likely N-dealkylation sites (N-methyl/N-ethyl adjacent to an activating group) is 2. The molecule has 2 rings (SSSR count). The highest BCUT2D eigenvalue weighted by molar-refractivity contribution is 5.99. The highest BCUT2D eigenvalue weighted by atomic mass is 16.3. The second kappa shape index (κ2) is 8.78. The molecule has 26 heavy (non-hydrogen) atoms. The molecule has 2 aromatic rings. The summed E-state index contributed by atoms with van der Waals surface area (Å²) < 4.78 is 0. The molecule has 0 bridgehead atoms. The fourth-order valence-corrected chi connectivity index (χ4v) is 2.67. The maximum atomic E-state index is 12.9. The molecule has 1 aromatic heterocycles. The third kappa shape index (κ3) is 4.59. The first-order chi connectivity index (χ1) is 12.3. The van der Waals surface area contributed by atoms with E-state index in [9.17, 15) is 9.90 Å². The van der Waals surface area contributed by atoms with Crippen LogP contribution in [0.4, 0.5) is 5.82 Å². The number of hydrogen-bond acceptors (Lipinski definition) is 5. The monoisotopic (exact) mass is 356 g/mol. The largest absolute Gasteiger partial charge is 0.392 e. The minimum absolute atomic E-state index is 0.0509. The summed E-state index contributed by atoms with van der Waals surface area (Å²) in [4.78, 5) is 23.2. The van der Waals surface area contributed by atoms with Gasteiger partial charge in [0.25, 0.3) is 5.91 Å². The molecule has 0 radical (unpaired) electrons. The van der Waals surface area contributed by atoms with Gasteiger partial charge < -0.3 is 19.8 Å². The molecule has 6 heteroatoms. The lowest BCUT2D eigenvalue weighted by Crippen LogP contribution is -2.34. The van der Waals surface area contributed by atoms with Crippen molar-refractivity contribution in [2.75, 3.05) is 53.2 Å². The van der Waals surface area contributed by atoms with E-state index in [0.717, 1.165) is 23.4 Å². The second-order valence-electron chi connectivity index (χ2n) is 6.81. The number of pyridine rings is 1. The van der Waals surface area contributed by atoms with Crippen LogP contribution in [-0.2, 0) is 6.61 Å². The molecular formula is C20H28N4O2. The Morgan fingerprint density at radius 3 is 2.31 bits per heavy atom. The van der Waals surface area contributed by atoms with Crippen LogP contribution in [0.15, 0.2) is 36.4 Å². The van der Waals surface area contributed by atoms with E-state index < -0.39 is 0 Å². The van der Waals surface area contributed by atoms with Gasteiger partial charge in [-0.2, -0.15) is 0 Å². The summed E-state index contributed by atoms with van der Waals surface area (Å²) in [5.41, 5.74) is 3.00. The van der Waals surface area contributed by atoms with E-state index in [4.69, 9.17) is 4.98 Å². The standard InChI is InChI=1S/C20H28N4O2/c1-22(2)12-13-24(5)20(26)17-10-11-18(21-19(17)23(3)4)16-9-7-6-8-15(16)14-25/h6-11,25H,12-14H2,1-5H3. The fraction of sp³-hybridized carbons (Fsp3) is 0.400. The number of carbonyl (C=O) groups is 1. The molecule has 0 atom stereocenters. The Hall–Kier alpha value is -2.44. The lowest BCUT2D eigenvalue weighted by atomic mass is 10.0. The Labute approximate surface area is 155 Å². The van der Waals surface area contributed by atoms with Crippen LogP contribution in [0.1, 0.15) is 15.9 Å². The van der Waals surface area contributed by atoms with E-state index in [0.29, 0.717) is 17.9 Å². The van der Waals surface area contributed by atoms with Crippen LogP contribution in [0.25, 0.3) is 11.3 Å². The molecule has 0 saturated heterocycles. The Kier molecular flexibility index (Phi) is 6.71. The van der Waals surface area contributed by atoms with E-state index in [1.807, 2.05) is 74.4 Å². The number of aromatic nitrogens is 1. The quantitative estimate of drug-likeness (QED) is 0.822. The van der Waals surface area contributed by atoms with Gasteiger partial charge in [0.15, 0.2) is 0 Å². The van der Waals surface area contributed by atoms with Crippen LogP contribution < -0.4 is 4.90 Å². The number of carbonyl (C=O) groups excluding carboxylic acids is 1. The van der Waals surface area contributed by atoms with Gasteiger partial charge in [-0.15, -0.1) is 0 Å². The van der Waals surface area contributed by atoms with Gasteiger partial charge in [-0.25, -0.2) is 4.98 Å². The lowest BCUT2D eigenvalue weighted by molar-refractivity contribution is 0.0786. The summed E-state index contributed by atoms with van der Waals surface area (Å²) >= 11 is 0. The normalized spacial score (nSPS) is 10.9. The molecule has 1 aromatic carbocycles. The lowest BCUT2D eigenvalue weighted by Gasteiger charge is -2.23. The van der Waals surface area contributed by atoms with E-state index in [2.05, 4.69) is 0 Å². The van der Waals surface area contributed by atoms with Crippen molar-refractivity contribution in [1.82, 2.24) is 14.8 Å². The number of aliphatic hydroxyl groups is 1. The summed E-state index contributed by atoms with van der Waals surface area (Å²) in [5.74, 6) is 0.571. The van der Waals surface area contributed by atoms with E-state index >= 15 is 0 Å². The number of nitrogens with zero attached hydrogens (tertiary/aromatic N) is 4. The van der Waals surface area contributed by atoms with Crippen LogP contribution in [0.5, 0.6) is 0 Å². The zero-order chi connectivity index (χ0) is 19.3. The number of amides is 1. The maximum absolute atomic E-state index is 12.9. The van der Waals surface area contributed by atoms with Crippen molar-refractivity contribution in [3.63, 3.8) is 0 Å². The van der Waals surface area contributed by atoms with Gasteiger partial charge in [0.2, 0.25) is 0 Å². The first kappa shape index (κ1) is 19.9. The molecule has 0 unspecified atom stereocenters. The van der Waals surface area contributed by atoms with Crippen molar-refractivity contribution >= 4 is 11.7 Å². The number of benzene rings is 1. The number of aliphatic hydroxyl groups excluding tert-OH is 1. The van der Waals surface area contributed by atoms with Gasteiger partial charge in [-0.3, -0.25) is 4.79 Å². The average Bonchev–Trinajstić information content (AvgIpc) is 2.64. The summed E-state index contributed by atoms with van der Waals surface area (Å²) in [6.45, 7) is 1.39. The minimum Gasteiger partial charge on any atom is -0.392 e. The van der Waals surface area contributed by atoms with Crippen molar-refractivity contribution in [3.8, 4) is 11.3 Å². The molecule has 0 aliphatic carbocycles. The summed E-state index contributed by atoms with van der Waals surface area (Å²) in [5, 5.41) is 9.57. The molecule has 1 amide bonds. The van der Waals surface area contributed by atoms with Gasteiger partial charge in [-0.05, 0) is 31.8 Å². The first-order valence-electron chi connectivity index (χ1n) is 8.62. The SMILES string of the molecule is CN(C)CCN(C)C(=O)c1ccc(-c2ccccc2CO)nc1N(C)C. The fourth-order valence-electron chi connectivity index (χ4n) is 2.67. The van der Waals surface area contributed by atoms with Gasteiger partial charge in [0.1, 0.15) is 5.82 Å². The minimum atomic E-state index is -0.0525. The molecule has 0 spiro atoms. The third-order valence-electron chi connectivity index (χ3n) is 4.22. The van der Waals surface area contributed by atoms with Gasteiger partial charge in [-0.1, -0.05) is 24.3 Å². The molecule has 0 aliphatic heterocycles. The molecule has 6 nitrogen and oxygen atoms in total. The number of rotatable bonds is 7. The molecule has 1 heterocycles. The van der Waals surface area contributed by atoms with Crippen LogP contribution in [0, 0.1) is 0 Å². The third-order valence-corrected chi connectivity index (χ3v) is 4.22. The van der Waals surface area contributed by atoms with Crippen LogP contribution in [0.2, 0.25) is 0 Å².